The molecule has 1 fully saturated rings. The summed E-state index contributed by atoms with van der Waals surface area (Å²) in [4.78, 5) is 39.6. The largest absolute Gasteiger partial charge is 0.481 e. The minimum atomic E-state index is -1.17. The van der Waals surface area contributed by atoms with E-state index in [4.69, 9.17) is 0 Å². The lowest BCUT2D eigenvalue weighted by molar-refractivity contribution is -0.159. The van der Waals surface area contributed by atoms with E-state index < -0.39 is 24.3 Å². The van der Waals surface area contributed by atoms with Gasteiger partial charge in [-0.3, -0.25) is 14.4 Å². The highest BCUT2D eigenvalue weighted by molar-refractivity contribution is 5.96. The molecule has 1 saturated heterocycles. The van der Waals surface area contributed by atoms with Crippen LogP contribution in [0.15, 0.2) is 48.5 Å². The molecule has 0 bridgehead atoms. The van der Waals surface area contributed by atoms with Crippen molar-refractivity contribution in [1.29, 1.82) is 0 Å². The van der Waals surface area contributed by atoms with Crippen LogP contribution in [-0.2, 0) is 27.2 Å². The predicted octanol–water partition coefficient (Wildman–Crippen LogP) is 2.26. The van der Waals surface area contributed by atoms with Crippen LogP contribution in [0.2, 0.25) is 0 Å². The Morgan fingerprint density at radius 2 is 1.40 bits per heavy atom. The lowest BCUT2D eigenvalue weighted by Gasteiger charge is -2.40. The highest BCUT2D eigenvalue weighted by Crippen LogP contribution is 2.18. The monoisotopic (exact) mass is 416 g/mol. The van der Waals surface area contributed by atoms with Gasteiger partial charge in [-0.25, -0.2) is 8.78 Å². The zero-order valence-corrected chi connectivity index (χ0v) is 16.3. The molecule has 158 valence electrons. The van der Waals surface area contributed by atoms with Crippen molar-refractivity contribution in [3.63, 3.8) is 0 Å². The Kier molecular flexibility index (Phi) is 6.76. The van der Waals surface area contributed by atoms with E-state index in [2.05, 4.69) is 0 Å². The van der Waals surface area contributed by atoms with Crippen LogP contribution in [0.1, 0.15) is 17.5 Å². The van der Waals surface area contributed by atoms with E-state index in [-0.39, 0.29) is 37.2 Å². The van der Waals surface area contributed by atoms with Crippen LogP contribution >= 0.6 is 0 Å². The molecule has 2 aromatic rings. The molecule has 2 aromatic carbocycles. The van der Waals surface area contributed by atoms with Crippen LogP contribution < -0.4 is 0 Å². The van der Waals surface area contributed by atoms with Crippen LogP contribution in [0.3, 0.4) is 0 Å². The van der Waals surface area contributed by atoms with Gasteiger partial charge in [0.2, 0.25) is 11.8 Å². The van der Waals surface area contributed by atoms with E-state index in [1.165, 1.54) is 34.1 Å². The average Bonchev–Trinajstić information content (AvgIpc) is 2.71. The van der Waals surface area contributed by atoms with Gasteiger partial charge in [0.05, 0.1) is 13.0 Å². The van der Waals surface area contributed by atoms with Crippen molar-refractivity contribution in [2.45, 2.75) is 25.3 Å². The predicted molar refractivity (Wildman–Crippen MR) is 105 cm³/mol. The number of carboxylic acid groups (broad SMARTS) is 1. The number of nitrogens with zero attached hydrogens (tertiary/aromatic N) is 2. The van der Waals surface area contributed by atoms with Crippen molar-refractivity contribution in [3.05, 3.63) is 71.3 Å². The Morgan fingerprint density at radius 3 is 1.90 bits per heavy atom. The summed E-state index contributed by atoms with van der Waals surface area (Å²) in [5.41, 5.74) is 1.59. The zero-order chi connectivity index (χ0) is 21.7. The smallest absolute Gasteiger partial charge is 0.305 e. The molecule has 0 spiro atoms. The maximum atomic E-state index is 13.1. The van der Waals surface area contributed by atoms with Crippen molar-refractivity contribution >= 4 is 17.8 Å². The summed E-state index contributed by atoms with van der Waals surface area (Å²) in [6.45, 7) is 0.262. The fourth-order valence-corrected chi connectivity index (χ4v) is 3.50. The van der Waals surface area contributed by atoms with E-state index in [0.29, 0.717) is 12.8 Å². The van der Waals surface area contributed by atoms with Gasteiger partial charge >= 0.3 is 5.97 Å². The standard InChI is InChI=1S/C22H22F2N2O4/c23-17-5-1-15(2-6-17)9-11-25-14-20(27)26(19(22(25)30)13-21(28)29)12-10-16-3-7-18(24)8-4-16/h1-8,19H,9-14H2,(H,28,29). The first kappa shape index (κ1) is 21.4. The van der Waals surface area contributed by atoms with Gasteiger partial charge in [-0.2, -0.15) is 0 Å². The quantitative estimate of drug-likeness (QED) is 0.716. The van der Waals surface area contributed by atoms with Crippen molar-refractivity contribution in [2.24, 2.45) is 0 Å². The Bertz CT molecular complexity index is 916. The van der Waals surface area contributed by atoms with Gasteiger partial charge in [0, 0.05) is 13.1 Å². The van der Waals surface area contributed by atoms with Gasteiger partial charge in [0.15, 0.2) is 0 Å². The van der Waals surface area contributed by atoms with Crippen LogP contribution in [0.5, 0.6) is 0 Å². The molecule has 1 unspecified atom stereocenters. The lowest BCUT2D eigenvalue weighted by atomic mass is 10.0. The van der Waals surface area contributed by atoms with Crippen LogP contribution in [0, 0.1) is 11.6 Å². The number of carboxylic acids is 1. The number of carbonyl (C=O) groups is 3. The fraction of sp³-hybridized carbons (Fsp3) is 0.318. The SMILES string of the molecule is O=C(O)CC1C(=O)N(CCc2ccc(F)cc2)CC(=O)N1CCc1ccc(F)cc1. The number of carbonyl (C=O) groups excluding carboxylic acids is 2. The molecule has 0 radical (unpaired) electrons. The van der Waals surface area contributed by atoms with Crippen LogP contribution in [0.25, 0.3) is 0 Å². The molecule has 0 saturated carbocycles. The number of rotatable bonds is 8. The van der Waals surface area contributed by atoms with Gasteiger partial charge in [-0.1, -0.05) is 24.3 Å². The number of amides is 2. The molecular weight excluding hydrogens is 394 g/mol. The first-order chi connectivity index (χ1) is 14.3. The fourth-order valence-electron chi connectivity index (χ4n) is 3.50. The third-order valence-electron chi connectivity index (χ3n) is 5.13. The average molecular weight is 416 g/mol. The Morgan fingerprint density at radius 1 is 0.900 bits per heavy atom. The highest BCUT2D eigenvalue weighted by atomic mass is 19.1. The van der Waals surface area contributed by atoms with Crippen molar-refractivity contribution in [1.82, 2.24) is 9.80 Å². The first-order valence-corrected chi connectivity index (χ1v) is 9.62. The van der Waals surface area contributed by atoms with Crippen molar-refractivity contribution < 1.29 is 28.3 Å². The summed E-state index contributed by atoms with van der Waals surface area (Å²) in [7, 11) is 0. The van der Waals surface area contributed by atoms with E-state index in [9.17, 15) is 28.3 Å². The van der Waals surface area contributed by atoms with Crippen molar-refractivity contribution in [2.75, 3.05) is 19.6 Å². The molecular formula is C22H22F2N2O4. The van der Waals surface area contributed by atoms with Gasteiger partial charge in [0.1, 0.15) is 17.7 Å². The topological polar surface area (TPSA) is 77.9 Å². The zero-order valence-electron chi connectivity index (χ0n) is 16.3. The highest BCUT2D eigenvalue weighted by Gasteiger charge is 2.40. The maximum Gasteiger partial charge on any atom is 0.305 e. The van der Waals surface area contributed by atoms with E-state index in [1.54, 1.807) is 24.3 Å². The summed E-state index contributed by atoms with van der Waals surface area (Å²) >= 11 is 0. The summed E-state index contributed by atoms with van der Waals surface area (Å²) < 4.78 is 26.1. The minimum Gasteiger partial charge on any atom is -0.481 e. The van der Waals surface area contributed by atoms with E-state index in [1.807, 2.05) is 0 Å². The molecule has 0 aromatic heterocycles. The minimum absolute atomic E-state index is 0.139. The van der Waals surface area contributed by atoms with Gasteiger partial charge in [-0.15, -0.1) is 0 Å². The normalized spacial score (nSPS) is 16.8. The van der Waals surface area contributed by atoms with Gasteiger partial charge < -0.3 is 14.9 Å². The molecule has 1 heterocycles. The Balaban J connectivity index is 1.68. The van der Waals surface area contributed by atoms with Crippen LogP contribution in [-0.4, -0.2) is 58.4 Å². The molecule has 1 aliphatic heterocycles. The third kappa shape index (κ3) is 5.40. The second-order valence-corrected chi connectivity index (χ2v) is 7.21. The summed E-state index contributed by atoms with van der Waals surface area (Å²) in [6.07, 6.45) is 0.320. The molecule has 0 aliphatic carbocycles. The molecule has 8 heteroatoms. The molecule has 6 nitrogen and oxygen atoms in total. The number of benzene rings is 2. The van der Waals surface area contributed by atoms with Crippen molar-refractivity contribution in [3.8, 4) is 0 Å². The molecule has 30 heavy (non-hydrogen) atoms. The summed E-state index contributed by atoms with van der Waals surface area (Å²) in [5, 5.41) is 9.24. The second-order valence-electron chi connectivity index (χ2n) is 7.21. The first-order valence-electron chi connectivity index (χ1n) is 9.62. The van der Waals surface area contributed by atoms with E-state index >= 15 is 0 Å². The van der Waals surface area contributed by atoms with Gasteiger partial charge in [-0.05, 0) is 48.2 Å². The third-order valence-corrected chi connectivity index (χ3v) is 5.13. The summed E-state index contributed by atoms with van der Waals surface area (Å²) in [6, 6.07) is 10.6. The Hall–Kier alpha value is -3.29. The van der Waals surface area contributed by atoms with Gasteiger partial charge in [0.25, 0.3) is 0 Å². The summed E-state index contributed by atoms with van der Waals surface area (Å²) in [5.74, 6) is -2.65. The number of halogens is 2. The van der Waals surface area contributed by atoms with E-state index in [0.717, 1.165) is 11.1 Å². The Labute approximate surface area is 172 Å². The number of piperazine rings is 1. The number of hydrogen-bond donors (Lipinski definition) is 1. The lowest BCUT2D eigenvalue weighted by Crippen LogP contribution is -2.61. The molecule has 1 atom stereocenters. The molecule has 2 amide bonds. The number of aliphatic carboxylic acids is 1. The molecule has 1 N–H and O–H groups in total. The second kappa shape index (κ2) is 9.47. The molecule has 1 aliphatic rings. The van der Waals surface area contributed by atoms with Crippen LogP contribution in [0.4, 0.5) is 8.78 Å². The molecule has 3 rings (SSSR count). The number of hydrogen-bond acceptors (Lipinski definition) is 3. The maximum absolute atomic E-state index is 13.1.